The van der Waals surface area contributed by atoms with Gasteiger partial charge >= 0.3 is 0 Å². The Kier molecular flexibility index (Phi) is 8.19. The van der Waals surface area contributed by atoms with Crippen molar-refractivity contribution in [2.45, 2.75) is 20.3 Å². The van der Waals surface area contributed by atoms with Crippen LogP contribution in [0.25, 0.3) is 0 Å². The number of benzene rings is 1. The van der Waals surface area contributed by atoms with Crippen LogP contribution in [-0.2, 0) is 11.2 Å². The lowest BCUT2D eigenvalue weighted by Gasteiger charge is -2.22. The zero-order valence-corrected chi connectivity index (χ0v) is 14.5. The van der Waals surface area contributed by atoms with Gasteiger partial charge in [0.15, 0.2) is 0 Å². The maximum absolute atomic E-state index is 5.27. The Morgan fingerprint density at radius 1 is 1.25 bits per heavy atom. The average Bonchev–Trinajstić information content (AvgIpc) is 2.42. The predicted octanol–water partition coefficient (Wildman–Crippen LogP) is 3.51. The van der Waals surface area contributed by atoms with Crippen molar-refractivity contribution in [2.24, 2.45) is 11.8 Å². The summed E-state index contributed by atoms with van der Waals surface area (Å²) in [7, 11) is 3.42. The molecule has 0 aliphatic carbocycles. The Morgan fingerprint density at radius 2 is 2.00 bits per heavy atom. The quantitative estimate of drug-likeness (QED) is 0.696. The standard InChI is InChI=1S/C16H26BrNO2/c1-12(2)14(11-18-7-8-19-3)9-13-5-6-16(20-4)15(17)10-13/h5-6,10,12,14,18H,7-9,11H2,1-4H3. The third-order valence-corrected chi connectivity index (χ3v) is 4.17. The molecule has 0 amide bonds. The molecular formula is C16H26BrNO2. The molecule has 0 spiro atoms. The van der Waals surface area contributed by atoms with Gasteiger partial charge in [0.25, 0.3) is 0 Å². The highest BCUT2D eigenvalue weighted by atomic mass is 79.9. The van der Waals surface area contributed by atoms with Gasteiger partial charge in [0, 0.05) is 13.7 Å². The Balaban J connectivity index is 2.58. The molecule has 4 heteroatoms. The van der Waals surface area contributed by atoms with E-state index in [0.717, 1.165) is 36.3 Å². The summed E-state index contributed by atoms with van der Waals surface area (Å²) >= 11 is 3.55. The van der Waals surface area contributed by atoms with Crippen molar-refractivity contribution in [3.63, 3.8) is 0 Å². The third-order valence-electron chi connectivity index (χ3n) is 3.55. The number of ether oxygens (including phenoxy) is 2. The van der Waals surface area contributed by atoms with Crippen molar-refractivity contribution in [3.8, 4) is 5.75 Å². The summed E-state index contributed by atoms with van der Waals surface area (Å²) in [5.74, 6) is 2.14. The molecule has 20 heavy (non-hydrogen) atoms. The Hall–Kier alpha value is -0.580. The van der Waals surface area contributed by atoms with Gasteiger partial charge in [-0.05, 0) is 58.4 Å². The molecule has 0 aliphatic rings. The van der Waals surface area contributed by atoms with Crippen molar-refractivity contribution in [2.75, 3.05) is 33.9 Å². The molecule has 0 saturated carbocycles. The first-order valence-corrected chi connectivity index (χ1v) is 7.89. The van der Waals surface area contributed by atoms with Gasteiger partial charge < -0.3 is 14.8 Å². The molecule has 0 radical (unpaired) electrons. The molecule has 0 aromatic heterocycles. The lowest BCUT2D eigenvalue weighted by Crippen LogP contribution is -2.30. The topological polar surface area (TPSA) is 30.5 Å². The fourth-order valence-corrected chi connectivity index (χ4v) is 2.73. The molecule has 0 saturated heterocycles. The Labute approximate surface area is 131 Å². The molecule has 0 heterocycles. The molecule has 0 bridgehead atoms. The van der Waals surface area contributed by atoms with Crippen LogP contribution in [0.3, 0.4) is 0 Å². The van der Waals surface area contributed by atoms with E-state index in [-0.39, 0.29) is 0 Å². The van der Waals surface area contributed by atoms with Gasteiger partial charge in [-0.1, -0.05) is 19.9 Å². The van der Waals surface area contributed by atoms with E-state index in [1.54, 1.807) is 14.2 Å². The Bertz CT molecular complexity index is 396. The van der Waals surface area contributed by atoms with Crippen LogP contribution in [0.4, 0.5) is 0 Å². The molecule has 1 atom stereocenters. The van der Waals surface area contributed by atoms with Gasteiger partial charge in [-0.25, -0.2) is 0 Å². The van der Waals surface area contributed by atoms with Gasteiger partial charge in [0.05, 0.1) is 18.2 Å². The van der Waals surface area contributed by atoms with Crippen LogP contribution in [0, 0.1) is 11.8 Å². The van der Waals surface area contributed by atoms with E-state index < -0.39 is 0 Å². The average molecular weight is 344 g/mol. The minimum atomic E-state index is 0.618. The number of hydrogen-bond donors (Lipinski definition) is 1. The second-order valence-electron chi connectivity index (χ2n) is 5.37. The van der Waals surface area contributed by atoms with Gasteiger partial charge in [-0.2, -0.15) is 0 Å². The van der Waals surface area contributed by atoms with Gasteiger partial charge in [-0.15, -0.1) is 0 Å². The van der Waals surface area contributed by atoms with Crippen LogP contribution in [0.5, 0.6) is 5.75 Å². The van der Waals surface area contributed by atoms with Crippen LogP contribution in [0.15, 0.2) is 22.7 Å². The molecule has 1 unspecified atom stereocenters. The van der Waals surface area contributed by atoms with E-state index in [9.17, 15) is 0 Å². The summed E-state index contributed by atoms with van der Waals surface area (Å²) in [6.07, 6.45) is 1.07. The zero-order valence-electron chi connectivity index (χ0n) is 12.9. The van der Waals surface area contributed by atoms with E-state index in [0.29, 0.717) is 11.8 Å². The van der Waals surface area contributed by atoms with E-state index >= 15 is 0 Å². The second kappa shape index (κ2) is 9.37. The lowest BCUT2D eigenvalue weighted by atomic mass is 9.89. The SMILES string of the molecule is COCCNCC(Cc1ccc(OC)c(Br)c1)C(C)C. The largest absolute Gasteiger partial charge is 0.496 e. The maximum Gasteiger partial charge on any atom is 0.133 e. The monoisotopic (exact) mass is 343 g/mol. The second-order valence-corrected chi connectivity index (χ2v) is 6.23. The fraction of sp³-hybridized carbons (Fsp3) is 0.625. The van der Waals surface area contributed by atoms with E-state index in [4.69, 9.17) is 9.47 Å². The summed E-state index contributed by atoms with van der Waals surface area (Å²) in [4.78, 5) is 0. The number of halogens is 1. The van der Waals surface area contributed by atoms with Crippen LogP contribution in [0.1, 0.15) is 19.4 Å². The van der Waals surface area contributed by atoms with Crippen LogP contribution in [0.2, 0.25) is 0 Å². The summed E-state index contributed by atoms with van der Waals surface area (Å²) in [6.45, 7) is 7.25. The summed E-state index contributed by atoms with van der Waals surface area (Å²) < 4.78 is 11.4. The van der Waals surface area contributed by atoms with E-state index in [1.165, 1.54) is 5.56 Å². The summed E-state index contributed by atoms with van der Waals surface area (Å²) in [6, 6.07) is 6.33. The fourth-order valence-electron chi connectivity index (χ4n) is 2.14. The van der Waals surface area contributed by atoms with Crippen LogP contribution in [-0.4, -0.2) is 33.9 Å². The van der Waals surface area contributed by atoms with E-state index in [2.05, 4.69) is 47.2 Å². The molecule has 0 aliphatic heterocycles. The first-order valence-electron chi connectivity index (χ1n) is 7.10. The van der Waals surface area contributed by atoms with Gasteiger partial charge in [-0.3, -0.25) is 0 Å². The highest BCUT2D eigenvalue weighted by molar-refractivity contribution is 9.10. The molecule has 3 nitrogen and oxygen atoms in total. The normalized spacial score (nSPS) is 12.7. The molecule has 1 N–H and O–H groups in total. The maximum atomic E-state index is 5.27. The lowest BCUT2D eigenvalue weighted by molar-refractivity contribution is 0.196. The van der Waals surface area contributed by atoms with Crippen LogP contribution < -0.4 is 10.1 Å². The number of nitrogens with one attached hydrogen (secondary N) is 1. The molecule has 0 fully saturated rings. The smallest absolute Gasteiger partial charge is 0.133 e. The highest BCUT2D eigenvalue weighted by Crippen LogP contribution is 2.27. The minimum absolute atomic E-state index is 0.618. The van der Waals surface area contributed by atoms with Crippen molar-refractivity contribution in [3.05, 3.63) is 28.2 Å². The number of rotatable bonds is 9. The molecule has 1 aromatic carbocycles. The summed E-state index contributed by atoms with van der Waals surface area (Å²) in [5.41, 5.74) is 1.34. The van der Waals surface area contributed by atoms with Gasteiger partial charge in [0.1, 0.15) is 5.75 Å². The highest BCUT2D eigenvalue weighted by Gasteiger charge is 2.14. The van der Waals surface area contributed by atoms with E-state index in [1.807, 2.05) is 6.07 Å². The van der Waals surface area contributed by atoms with Crippen molar-refractivity contribution < 1.29 is 9.47 Å². The third kappa shape index (κ3) is 5.81. The zero-order chi connectivity index (χ0) is 15.0. The van der Waals surface area contributed by atoms with Crippen LogP contribution >= 0.6 is 15.9 Å². The number of hydrogen-bond acceptors (Lipinski definition) is 3. The summed E-state index contributed by atoms with van der Waals surface area (Å²) in [5, 5.41) is 3.46. The first-order chi connectivity index (χ1) is 9.58. The van der Waals surface area contributed by atoms with Crippen molar-refractivity contribution >= 4 is 15.9 Å². The van der Waals surface area contributed by atoms with Crippen molar-refractivity contribution in [1.29, 1.82) is 0 Å². The molecule has 1 rings (SSSR count). The van der Waals surface area contributed by atoms with Crippen molar-refractivity contribution in [1.82, 2.24) is 5.32 Å². The number of methoxy groups -OCH3 is 2. The molecular weight excluding hydrogens is 318 g/mol. The minimum Gasteiger partial charge on any atom is -0.496 e. The Morgan fingerprint density at radius 3 is 2.55 bits per heavy atom. The van der Waals surface area contributed by atoms with Gasteiger partial charge in [0.2, 0.25) is 0 Å². The first kappa shape index (κ1) is 17.5. The molecule has 1 aromatic rings. The molecule has 114 valence electrons. The predicted molar refractivity (Wildman–Crippen MR) is 87.5 cm³/mol.